The van der Waals surface area contributed by atoms with Gasteiger partial charge in [0, 0.05) is 0 Å². The molecule has 0 aromatic heterocycles. The average molecular weight is 208 g/mol. The fourth-order valence-corrected chi connectivity index (χ4v) is 1.63. The summed E-state index contributed by atoms with van der Waals surface area (Å²) in [7, 11) is 0. The largest absolute Gasteiger partial charge is 0.396 e. The van der Waals surface area contributed by atoms with Crippen LogP contribution in [0, 0.1) is 5.41 Å². The second-order valence-electron chi connectivity index (χ2n) is 3.75. The Bertz CT molecular complexity index is 166. The van der Waals surface area contributed by atoms with Crippen LogP contribution in [0.3, 0.4) is 0 Å². The third-order valence-corrected chi connectivity index (χ3v) is 2.89. The van der Waals surface area contributed by atoms with Gasteiger partial charge in [0.05, 0.1) is 44.6 Å². The van der Waals surface area contributed by atoms with Crippen LogP contribution in [0.1, 0.15) is 0 Å². The van der Waals surface area contributed by atoms with Gasteiger partial charge in [-0.15, -0.1) is 0 Å². The zero-order valence-electron chi connectivity index (χ0n) is 7.76. The number of aliphatic hydroxyl groups excluding tert-OH is 5. The van der Waals surface area contributed by atoms with Gasteiger partial charge in [-0.25, -0.2) is 0 Å². The molecule has 0 aromatic rings. The molecule has 0 aromatic carbocycles. The molecule has 6 nitrogen and oxygen atoms in total. The van der Waals surface area contributed by atoms with E-state index in [0.29, 0.717) is 0 Å². The summed E-state index contributed by atoms with van der Waals surface area (Å²) in [6.07, 6.45) is -1.29. The van der Waals surface area contributed by atoms with E-state index in [1.807, 2.05) is 0 Å². The fourth-order valence-electron chi connectivity index (χ4n) is 1.63. The Morgan fingerprint density at radius 3 is 1.71 bits per heavy atom. The van der Waals surface area contributed by atoms with Crippen molar-refractivity contribution in [3.8, 4) is 0 Å². The average Bonchev–Trinajstić information content (AvgIpc) is 2.53. The molecule has 0 radical (unpaired) electrons. The first-order valence-corrected chi connectivity index (χ1v) is 4.36. The minimum Gasteiger partial charge on any atom is -0.396 e. The fraction of sp³-hybridized carbons (Fsp3) is 1.00. The van der Waals surface area contributed by atoms with Crippen LogP contribution in [0.25, 0.3) is 0 Å². The summed E-state index contributed by atoms with van der Waals surface area (Å²) >= 11 is 0. The van der Waals surface area contributed by atoms with Gasteiger partial charge in [-0.05, 0) is 0 Å². The zero-order chi connectivity index (χ0) is 10.8. The van der Waals surface area contributed by atoms with E-state index in [1.165, 1.54) is 0 Å². The number of ether oxygens (including phenoxy) is 1. The van der Waals surface area contributed by atoms with Crippen LogP contribution in [0.4, 0.5) is 0 Å². The lowest BCUT2D eigenvalue weighted by molar-refractivity contribution is -0.126. The number of rotatable bonds is 4. The maximum absolute atomic E-state index is 9.78. The quantitative estimate of drug-likeness (QED) is 0.338. The summed E-state index contributed by atoms with van der Waals surface area (Å²) in [6, 6.07) is 0. The van der Waals surface area contributed by atoms with Gasteiger partial charge >= 0.3 is 0 Å². The molecular weight excluding hydrogens is 192 g/mol. The molecule has 14 heavy (non-hydrogen) atoms. The zero-order valence-corrected chi connectivity index (χ0v) is 7.76. The van der Waals surface area contributed by atoms with Crippen molar-refractivity contribution < 1.29 is 30.3 Å². The van der Waals surface area contributed by atoms with E-state index >= 15 is 0 Å². The van der Waals surface area contributed by atoms with Crippen molar-refractivity contribution in [3.05, 3.63) is 0 Å². The monoisotopic (exact) mass is 208 g/mol. The molecular formula is C8H16O6. The van der Waals surface area contributed by atoms with Crippen molar-refractivity contribution in [2.45, 2.75) is 11.7 Å². The highest BCUT2D eigenvalue weighted by Gasteiger charge is 2.57. The summed E-state index contributed by atoms with van der Waals surface area (Å²) in [6.45, 7) is -2.15. The highest BCUT2D eigenvalue weighted by Crippen LogP contribution is 2.38. The Kier molecular flexibility index (Phi) is 3.46. The second kappa shape index (κ2) is 4.09. The predicted molar refractivity (Wildman–Crippen MR) is 45.5 cm³/mol. The lowest BCUT2D eigenvalue weighted by Gasteiger charge is -2.33. The van der Waals surface area contributed by atoms with Crippen LogP contribution in [-0.4, -0.2) is 70.3 Å². The highest BCUT2D eigenvalue weighted by molar-refractivity contribution is 5.04. The van der Waals surface area contributed by atoms with Gasteiger partial charge in [-0.3, -0.25) is 0 Å². The molecule has 1 unspecified atom stereocenters. The normalized spacial score (nSPS) is 29.4. The first-order chi connectivity index (χ1) is 6.60. The minimum atomic E-state index is -1.48. The lowest BCUT2D eigenvalue weighted by atomic mass is 9.79. The number of hydrogen-bond acceptors (Lipinski definition) is 6. The molecule has 1 aliphatic rings. The molecule has 0 amide bonds. The van der Waals surface area contributed by atoms with Crippen molar-refractivity contribution in [3.63, 3.8) is 0 Å². The SMILES string of the molecule is OCC1(CO)COC(CO)(CO)C1O. The third-order valence-electron chi connectivity index (χ3n) is 2.89. The molecule has 0 bridgehead atoms. The molecule has 0 aliphatic carbocycles. The number of hydrogen-bond donors (Lipinski definition) is 5. The maximum atomic E-state index is 9.78. The molecule has 1 rings (SSSR count). The summed E-state index contributed by atoms with van der Waals surface area (Å²) in [5.74, 6) is 0. The smallest absolute Gasteiger partial charge is 0.140 e. The lowest BCUT2D eigenvalue weighted by Crippen LogP contribution is -2.53. The Morgan fingerprint density at radius 1 is 1.00 bits per heavy atom. The highest BCUT2D eigenvalue weighted by atomic mass is 16.5. The molecule has 1 fully saturated rings. The first kappa shape index (κ1) is 11.8. The Balaban J connectivity index is 2.90. The number of aliphatic hydroxyl groups is 5. The van der Waals surface area contributed by atoms with Crippen LogP contribution in [0.5, 0.6) is 0 Å². The minimum absolute atomic E-state index is 0.0950. The van der Waals surface area contributed by atoms with Gasteiger partial charge in [0.1, 0.15) is 5.60 Å². The standard InChI is InChI=1S/C8H16O6/c9-1-7(2-10)5-14-8(3-11,4-12)6(7)13/h6,9-13H,1-5H2. The van der Waals surface area contributed by atoms with E-state index in [1.54, 1.807) is 0 Å². The van der Waals surface area contributed by atoms with Gasteiger partial charge in [0.2, 0.25) is 0 Å². The Morgan fingerprint density at radius 2 is 1.50 bits per heavy atom. The van der Waals surface area contributed by atoms with Gasteiger partial charge in [-0.2, -0.15) is 0 Å². The second-order valence-corrected chi connectivity index (χ2v) is 3.75. The van der Waals surface area contributed by atoms with E-state index in [-0.39, 0.29) is 6.61 Å². The first-order valence-electron chi connectivity index (χ1n) is 4.36. The molecule has 84 valence electrons. The maximum Gasteiger partial charge on any atom is 0.140 e. The van der Waals surface area contributed by atoms with Gasteiger partial charge in [0.25, 0.3) is 0 Å². The van der Waals surface area contributed by atoms with Crippen LogP contribution < -0.4 is 0 Å². The molecule has 1 aliphatic heterocycles. The van der Waals surface area contributed by atoms with Crippen LogP contribution in [0.2, 0.25) is 0 Å². The molecule has 0 spiro atoms. The van der Waals surface area contributed by atoms with E-state index in [9.17, 15) is 5.11 Å². The molecule has 0 saturated carbocycles. The molecule has 5 N–H and O–H groups in total. The molecule has 6 heteroatoms. The van der Waals surface area contributed by atoms with Crippen molar-refractivity contribution in [1.82, 2.24) is 0 Å². The van der Waals surface area contributed by atoms with Crippen LogP contribution in [0.15, 0.2) is 0 Å². The summed E-state index contributed by atoms with van der Waals surface area (Å²) in [5, 5.41) is 45.9. The van der Waals surface area contributed by atoms with Gasteiger partial charge in [0.15, 0.2) is 0 Å². The molecule has 1 atom stereocenters. The molecule has 1 saturated heterocycles. The summed E-state index contributed by atoms with van der Waals surface area (Å²) in [5.41, 5.74) is -2.68. The van der Waals surface area contributed by atoms with Crippen LogP contribution >= 0.6 is 0 Å². The van der Waals surface area contributed by atoms with Gasteiger partial charge in [-0.1, -0.05) is 0 Å². The van der Waals surface area contributed by atoms with E-state index in [0.717, 1.165) is 0 Å². The Hall–Kier alpha value is -0.240. The topological polar surface area (TPSA) is 110 Å². The van der Waals surface area contributed by atoms with E-state index in [4.69, 9.17) is 25.2 Å². The third kappa shape index (κ3) is 1.44. The van der Waals surface area contributed by atoms with Crippen molar-refractivity contribution in [1.29, 1.82) is 0 Å². The van der Waals surface area contributed by atoms with Crippen molar-refractivity contribution in [2.24, 2.45) is 5.41 Å². The predicted octanol–water partition coefficient (Wildman–Crippen LogP) is -2.93. The van der Waals surface area contributed by atoms with Crippen molar-refractivity contribution >= 4 is 0 Å². The summed E-state index contributed by atoms with van der Waals surface area (Å²) in [4.78, 5) is 0. The van der Waals surface area contributed by atoms with Crippen LogP contribution in [-0.2, 0) is 4.74 Å². The summed E-state index contributed by atoms with van der Waals surface area (Å²) < 4.78 is 5.08. The van der Waals surface area contributed by atoms with E-state index < -0.39 is 43.5 Å². The van der Waals surface area contributed by atoms with E-state index in [2.05, 4.69) is 0 Å². The van der Waals surface area contributed by atoms with Crippen molar-refractivity contribution in [2.75, 3.05) is 33.0 Å². The van der Waals surface area contributed by atoms with Gasteiger partial charge < -0.3 is 30.3 Å². The molecule has 1 heterocycles. The Labute approximate surface area is 81.4 Å².